The van der Waals surface area contributed by atoms with Crippen LogP contribution in [-0.2, 0) is 6.54 Å². The predicted molar refractivity (Wildman–Crippen MR) is 70.6 cm³/mol. The number of nitrogen functional groups attached to an aromatic ring is 1. The third-order valence-electron chi connectivity index (χ3n) is 2.88. The highest BCUT2D eigenvalue weighted by molar-refractivity contribution is 5.95. The Morgan fingerprint density at radius 3 is 2.47 bits per heavy atom. The number of nitrogens with zero attached hydrogens (tertiary/aromatic N) is 1. The van der Waals surface area contributed by atoms with Crippen molar-refractivity contribution in [3.05, 3.63) is 29.3 Å². The van der Waals surface area contributed by atoms with Crippen LogP contribution in [0.2, 0.25) is 0 Å². The minimum absolute atomic E-state index is 0.0912. The van der Waals surface area contributed by atoms with Crippen molar-refractivity contribution in [2.45, 2.75) is 20.4 Å². The van der Waals surface area contributed by atoms with Gasteiger partial charge in [0.15, 0.2) is 0 Å². The van der Waals surface area contributed by atoms with E-state index in [-0.39, 0.29) is 5.84 Å². The summed E-state index contributed by atoms with van der Waals surface area (Å²) in [5.41, 5.74) is 7.32. The third-order valence-corrected chi connectivity index (χ3v) is 2.88. The molecule has 0 spiro atoms. The number of nitrogens with two attached hydrogens (primary N) is 1. The molecule has 0 saturated carbocycles. The molecule has 0 unspecified atom stereocenters. The Hall–Kier alpha value is -1.55. The van der Waals surface area contributed by atoms with Gasteiger partial charge in [-0.2, -0.15) is 0 Å². The summed E-state index contributed by atoms with van der Waals surface area (Å²) in [6.45, 7) is 7.06. The molecule has 0 aliphatic carbocycles. The van der Waals surface area contributed by atoms with Gasteiger partial charge in [-0.25, -0.2) is 0 Å². The summed E-state index contributed by atoms with van der Waals surface area (Å²) in [4.78, 5) is 2.29. The molecule has 94 valence electrons. The Balaban J connectivity index is 3.01. The van der Waals surface area contributed by atoms with Gasteiger partial charge in [0.25, 0.3) is 0 Å². The number of hydrogen-bond acceptors (Lipinski definition) is 3. The van der Waals surface area contributed by atoms with Crippen LogP contribution in [0.5, 0.6) is 5.75 Å². The molecule has 4 heteroatoms. The van der Waals surface area contributed by atoms with Crippen LogP contribution in [0.3, 0.4) is 0 Å². The monoisotopic (exact) mass is 235 g/mol. The number of benzene rings is 1. The van der Waals surface area contributed by atoms with Crippen LogP contribution in [0.15, 0.2) is 18.2 Å². The number of nitrogens with one attached hydrogen (secondary N) is 1. The molecule has 0 atom stereocenters. The number of ether oxygens (including phenoxy) is 1. The summed E-state index contributed by atoms with van der Waals surface area (Å²) < 4.78 is 5.33. The molecular weight excluding hydrogens is 214 g/mol. The summed E-state index contributed by atoms with van der Waals surface area (Å²) in [7, 11) is 1.66. The minimum Gasteiger partial charge on any atom is -0.496 e. The van der Waals surface area contributed by atoms with Gasteiger partial charge in [0, 0.05) is 17.7 Å². The summed E-state index contributed by atoms with van der Waals surface area (Å²) >= 11 is 0. The molecule has 0 aromatic heterocycles. The normalized spacial score (nSPS) is 10.6. The fourth-order valence-corrected chi connectivity index (χ4v) is 1.76. The first-order valence-corrected chi connectivity index (χ1v) is 5.86. The zero-order chi connectivity index (χ0) is 12.8. The number of amidine groups is 1. The van der Waals surface area contributed by atoms with E-state index in [1.54, 1.807) is 7.11 Å². The Labute approximate surface area is 103 Å². The van der Waals surface area contributed by atoms with Crippen molar-refractivity contribution in [2.75, 3.05) is 20.2 Å². The molecule has 0 aliphatic heterocycles. The van der Waals surface area contributed by atoms with Gasteiger partial charge in [-0.1, -0.05) is 13.8 Å². The Morgan fingerprint density at radius 1 is 1.35 bits per heavy atom. The van der Waals surface area contributed by atoms with E-state index in [1.165, 1.54) is 0 Å². The topological polar surface area (TPSA) is 62.3 Å². The van der Waals surface area contributed by atoms with E-state index in [4.69, 9.17) is 15.9 Å². The van der Waals surface area contributed by atoms with E-state index in [2.05, 4.69) is 18.7 Å². The van der Waals surface area contributed by atoms with Crippen molar-refractivity contribution >= 4 is 5.84 Å². The highest BCUT2D eigenvalue weighted by Crippen LogP contribution is 2.21. The molecule has 0 aliphatic rings. The van der Waals surface area contributed by atoms with Gasteiger partial charge in [-0.3, -0.25) is 10.3 Å². The summed E-state index contributed by atoms with van der Waals surface area (Å²) in [6.07, 6.45) is 0. The molecule has 1 rings (SSSR count). The van der Waals surface area contributed by atoms with Gasteiger partial charge in [0.05, 0.1) is 7.11 Å². The average molecular weight is 235 g/mol. The lowest BCUT2D eigenvalue weighted by Gasteiger charge is -2.20. The molecule has 1 aromatic carbocycles. The van der Waals surface area contributed by atoms with E-state index in [0.717, 1.165) is 36.5 Å². The van der Waals surface area contributed by atoms with Gasteiger partial charge in [-0.15, -0.1) is 0 Å². The lowest BCUT2D eigenvalue weighted by molar-refractivity contribution is 0.289. The lowest BCUT2D eigenvalue weighted by atomic mass is 10.1. The molecule has 1 aromatic rings. The molecule has 3 N–H and O–H groups in total. The van der Waals surface area contributed by atoms with Crippen LogP contribution in [0.4, 0.5) is 0 Å². The molecule has 0 saturated heterocycles. The molecule has 0 amide bonds. The number of rotatable bonds is 6. The fraction of sp³-hybridized carbons (Fsp3) is 0.462. The van der Waals surface area contributed by atoms with Gasteiger partial charge in [0.1, 0.15) is 11.6 Å². The Kier molecular flexibility index (Phi) is 4.97. The van der Waals surface area contributed by atoms with Crippen molar-refractivity contribution in [1.82, 2.24) is 4.90 Å². The Bertz CT molecular complexity index is 386. The first-order valence-electron chi connectivity index (χ1n) is 5.86. The largest absolute Gasteiger partial charge is 0.496 e. The van der Waals surface area contributed by atoms with E-state index in [0.29, 0.717) is 0 Å². The molecule has 0 fully saturated rings. The average Bonchev–Trinajstić information content (AvgIpc) is 2.35. The maximum atomic E-state index is 7.46. The molecular formula is C13H21N3O. The third kappa shape index (κ3) is 3.46. The van der Waals surface area contributed by atoms with Crippen molar-refractivity contribution in [1.29, 1.82) is 5.41 Å². The Morgan fingerprint density at radius 2 is 2.00 bits per heavy atom. The van der Waals surface area contributed by atoms with E-state index in [9.17, 15) is 0 Å². The van der Waals surface area contributed by atoms with Gasteiger partial charge < -0.3 is 10.5 Å². The zero-order valence-corrected chi connectivity index (χ0v) is 10.8. The first kappa shape index (κ1) is 13.5. The number of hydrogen-bond donors (Lipinski definition) is 2. The van der Waals surface area contributed by atoms with Crippen molar-refractivity contribution < 1.29 is 4.74 Å². The molecule has 0 radical (unpaired) electrons. The molecule has 0 bridgehead atoms. The SMILES string of the molecule is CCN(CC)Cc1cc(C(=N)N)ccc1OC. The summed E-state index contributed by atoms with van der Waals surface area (Å²) in [5.74, 6) is 0.940. The highest BCUT2D eigenvalue weighted by Gasteiger charge is 2.09. The van der Waals surface area contributed by atoms with Gasteiger partial charge in [-0.05, 0) is 31.3 Å². The predicted octanol–water partition coefficient (Wildman–Crippen LogP) is 1.82. The standard InChI is InChI=1S/C13H21N3O/c1-4-16(5-2)9-11-8-10(13(14)15)6-7-12(11)17-3/h6-8H,4-5,9H2,1-3H3,(H3,14,15). The van der Waals surface area contributed by atoms with E-state index < -0.39 is 0 Å². The molecule has 4 nitrogen and oxygen atoms in total. The lowest BCUT2D eigenvalue weighted by Crippen LogP contribution is -2.23. The second-order valence-electron chi connectivity index (χ2n) is 3.90. The summed E-state index contributed by atoms with van der Waals surface area (Å²) in [6, 6.07) is 5.61. The van der Waals surface area contributed by atoms with Gasteiger partial charge >= 0.3 is 0 Å². The van der Waals surface area contributed by atoms with Crippen LogP contribution in [0.25, 0.3) is 0 Å². The minimum atomic E-state index is 0.0912. The van der Waals surface area contributed by atoms with Crippen LogP contribution < -0.4 is 10.5 Å². The van der Waals surface area contributed by atoms with Crippen LogP contribution in [0, 0.1) is 5.41 Å². The maximum absolute atomic E-state index is 7.46. The highest BCUT2D eigenvalue weighted by atomic mass is 16.5. The van der Waals surface area contributed by atoms with Gasteiger partial charge in [0.2, 0.25) is 0 Å². The molecule has 0 heterocycles. The van der Waals surface area contributed by atoms with Crippen LogP contribution in [-0.4, -0.2) is 30.9 Å². The second-order valence-corrected chi connectivity index (χ2v) is 3.90. The van der Waals surface area contributed by atoms with Crippen molar-refractivity contribution in [3.63, 3.8) is 0 Å². The maximum Gasteiger partial charge on any atom is 0.123 e. The quantitative estimate of drug-likeness (QED) is 0.584. The molecule has 17 heavy (non-hydrogen) atoms. The smallest absolute Gasteiger partial charge is 0.123 e. The fourth-order valence-electron chi connectivity index (χ4n) is 1.76. The van der Waals surface area contributed by atoms with Crippen LogP contribution in [0.1, 0.15) is 25.0 Å². The van der Waals surface area contributed by atoms with E-state index in [1.807, 2.05) is 18.2 Å². The summed E-state index contributed by atoms with van der Waals surface area (Å²) in [5, 5.41) is 7.46. The van der Waals surface area contributed by atoms with Crippen molar-refractivity contribution in [3.8, 4) is 5.75 Å². The van der Waals surface area contributed by atoms with E-state index >= 15 is 0 Å². The number of methoxy groups -OCH3 is 1. The van der Waals surface area contributed by atoms with Crippen molar-refractivity contribution in [2.24, 2.45) is 5.73 Å². The second kappa shape index (κ2) is 6.25. The van der Waals surface area contributed by atoms with Crippen LogP contribution >= 0.6 is 0 Å². The first-order chi connectivity index (χ1) is 8.12. The zero-order valence-electron chi connectivity index (χ0n) is 10.8.